The van der Waals surface area contributed by atoms with Gasteiger partial charge in [0.1, 0.15) is 11.8 Å². The van der Waals surface area contributed by atoms with Crippen molar-refractivity contribution >= 4 is 46.6 Å². The average Bonchev–Trinajstić information content (AvgIpc) is 2.83. The van der Waals surface area contributed by atoms with Crippen molar-refractivity contribution in [3.63, 3.8) is 0 Å². The standard InChI is InChI=1S/C26H25Cl3N2O3/c1-2-30-26(33)24(15-18-7-4-3-5-8-18)31(16-21-22(28)9-6-10-23(21)29)25(32)17-34-20-13-11-19(27)12-14-20/h3-14,24H,2,15-17H2,1H3,(H,30,33). The highest BCUT2D eigenvalue weighted by Crippen LogP contribution is 2.27. The second kappa shape index (κ2) is 12.7. The van der Waals surface area contributed by atoms with Crippen molar-refractivity contribution < 1.29 is 14.3 Å². The van der Waals surface area contributed by atoms with Gasteiger partial charge < -0.3 is 15.0 Å². The third-order valence-corrected chi connectivity index (χ3v) is 6.15. The lowest BCUT2D eigenvalue weighted by Crippen LogP contribution is -2.51. The van der Waals surface area contributed by atoms with E-state index in [1.54, 1.807) is 42.5 Å². The summed E-state index contributed by atoms with van der Waals surface area (Å²) in [4.78, 5) is 28.1. The van der Waals surface area contributed by atoms with E-state index in [4.69, 9.17) is 39.5 Å². The Morgan fingerprint density at radius 3 is 2.18 bits per heavy atom. The van der Waals surface area contributed by atoms with Crippen LogP contribution in [0.4, 0.5) is 0 Å². The molecule has 0 aromatic heterocycles. The van der Waals surface area contributed by atoms with Crippen LogP contribution in [-0.2, 0) is 22.6 Å². The number of carbonyl (C=O) groups excluding carboxylic acids is 2. The molecule has 8 heteroatoms. The van der Waals surface area contributed by atoms with E-state index in [1.165, 1.54) is 4.90 Å². The van der Waals surface area contributed by atoms with Crippen molar-refractivity contribution in [3.05, 3.63) is 99.0 Å². The summed E-state index contributed by atoms with van der Waals surface area (Å²) in [6.07, 6.45) is 0.321. The third kappa shape index (κ3) is 7.13. The Kier molecular flexibility index (Phi) is 9.63. The van der Waals surface area contributed by atoms with Crippen LogP contribution in [0.3, 0.4) is 0 Å². The third-order valence-electron chi connectivity index (χ3n) is 5.19. The first kappa shape index (κ1) is 25.9. The fourth-order valence-corrected chi connectivity index (χ4v) is 4.10. The fraction of sp³-hybridized carbons (Fsp3) is 0.231. The minimum atomic E-state index is -0.795. The predicted octanol–water partition coefficient (Wildman–Crippen LogP) is 5.80. The van der Waals surface area contributed by atoms with Crippen LogP contribution in [-0.4, -0.2) is 35.9 Å². The molecule has 3 rings (SSSR count). The minimum Gasteiger partial charge on any atom is -0.484 e. The topological polar surface area (TPSA) is 58.6 Å². The molecule has 1 atom stereocenters. The number of amides is 2. The zero-order valence-electron chi connectivity index (χ0n) is 18.6. The molecule has 3 aromatic rings. The first-order chi connectivity index (χ1) is 16.4. The van der Waals surface area contributed by atoms with E-state index in [2.05, 4.69) is 5.32 Å². The van der Waals surface area contributed by atoms with Crippen molar-refractivity contribution in [1.29, 1.82) is 0 Å². The Hall–Kier alpha value is -2.73. The number of benzene rings is 3. The summed E-state index contributed by atoms with van der Waals surface area (Å²) >= 11 is 18.7. The molecule has 2 amide bonds. The Bertz CT molecular complexity index is 1090. The minimum absolute atomic E-state index is 0.0515. The Morgan fingerprint density at radius 1 is 0.912 bits per heavy atom. The van der Waals surface area contributed by atoms with Gasteiger partial charge in [0, 0.05) is 40.1 Å². The Balaban J connectivity index is 1.93. The maximum atomic E-state index is 13.5. The number of likely N-dealkylation sites (N-methyl/N-ethyl adjacent to an activating group) is 1. The van der Waals surface area contributed by atoms with Gasteiger partial charge in [0.15, 0.2) is 6.61 Å². The molecule has 1 unspecified atom stereocenters. The van der Waals surface area contributed by atoms with E-state index < -0.39 is 6.04 Å². The summed E-state index contributed by atoms with van der Waals surface area (Å²) in [5, 5.41) is 4.23. The maximum Gasteiger partial charge on any atom is 0.261 e. The first-order valence-corrected chi connectivity index (χ1v) is 11.9. The number of nitrogens with one attached hydrogen (secondary N) is 1. The van der Waals surface area contributed by atoms with Crippen molar-refractivity contribution in [2.24, 2.45) is 0 Å². The van der Waals surface area contributed by atoms with Gasteiger partial charge in [0.05, 0.1) is 0 Å². The molecule has 0 aliphatic carbocycles. The van der Waals surface area contributed by atoms with Crippen LogP contribution in [0.5, 0.6) is 5.75 Å². The summed E-state index contributed by atoms with van der Waals surface area (Å²) in [6, 6.07) is 20.6. The molecule has 0 saturated heterocycles. The van der Waals surface area contributed by atoms with E-state index in [0.29, 0.717) is 39.3 Å². The highest BCUT2D eigenvalue weighted by molar-refractivity contribution is 6.36. The van der Waals surface area contributed by atoms with Gasteiger partial charge in [0.2, 0.25) is 5.91 Å². The number of hydrogen-bond donors (Lipinski definition) is 1. The quantitative estimate of drug-likeness (QED) is 0.368. The van der Waals surface area contributed by atoms with Gasteiger partial charge in [-0.25, -0.2) is 0 Å². The molecule has 0 aliphatic rings. The molecule has 0 heterocycles. The molecule has 34 heavy (non-hydrogen) atoms. The van der Waals surface area contributed by atoms with Crippen LogP contribution in [0.25, 0.3) is 0 Å². The molecule has 0 radical (unpaired) electrons. The number of halogens is 3. The SMILES string of the molecule is CCNC(=O)C(Cc1ccccc1)N(Cc1c(Cl)cccc1Cl)C(=O)COc1ccc(Cl)cc1. The molecule has 1 N–H and O–H groups in total. The number of nitrogens with zero attached hydrogens (tertiary/aromatic N) is 1. The largest absolute Gasteiger partial charge is 0.484 e. The van der Waals surface area contributed by atoms with Gasteiger partial charge >= 0.3 is 0 Å². The monoisotopic (exact) mass is 518 g/mol. The first-order valence-electron chi connectivity index (χ1n) is 10.8. The number of rotatable bonds is 10. The normalized spacial score (nSPS) is 11.5. The molecule has 0 bridgehead atoms. The number of carbonyl (C=O) groups is 2. The second-order valence-electron chi connectivity index (χ2n) is 7.56. The molecular weight excluding hydrogens is 495 g/mol. The zero-order valence-corrected chi connectivity index (χ0v) is 20.9. The van der Waals surface area contributed by atoms with Crippen LogP contribution in [0.2, 0.25) is 15.1 Å². The van der Waals surface area contributed by atoms with Crippen molar-refractivity contribution in [1.82, 2.24) is 10.2 Å². The summed E-state index contributed by atoms with van der Waals surface area (Å²) in [7, 11) is 0. The molecule has 5 nitrogen and oxygen atoms in total. The number of hydrogen-bond acceptors (Lipinski definition) is 3. The molecule has 0 fully saturated rings. The van der Waals surface area contributed by atoms with Gasteiger partial charge in [-0.05, 0) is 48.9 Å². The molecule has 0 aliphatic heterocycles. The van der Waals surface area contributed by atoms with Crippen LogP contribution < -0.4 is 10.1 Å². The second-order valence-corrected chi connectivity index (χ2v) is 8.82. The highest BCUT2D eigenvalue weighted by atomic mass is 35.5. The summed E-state index contributed by atoms with van der Waals surface area (Å²) < 4.78 is 5.69. The Labute approximate surface area is 214 Å². The zero-order chi connectivity index (χ0) is 24.5. The van der Waals surface area contributed by atoms with E-state index in [0.717, 1.165) is 5.56 Å². The van der Waals surface area contributed by atoms with Crippen LogP contribution >= 0.6 is 34.8 Å². The van der Waals surface area contributed by atoms with Crippen molar-refractivity contribution in [2.75, 3.05) is 13.2 Å². The average molecular weight is 520 g/mol. The van der Waals surface area contributed by atoms with Crippen molar-refractivity contribution in [2.45, 2.75) is 25.9 Å². The predicted molar refractivity (Wildman–Crippen MR) is 137 cm³/mol. The van der Waals surface area contributed by atoms with Crippen molar-refractivity contribution in [3.8, 4) is 5.75 Å². The van der Waals surface area contributed by atoms with E-state index in [-0.39, 0.29) is 25.0 Å². The Morgan fingerprint density at radius 2 is 1.56 bits per heavy atom. The highest BCUT2D eigenvalue weighted by Gasteiger charge is 2.31. The number of ether oxygens (including phenoxy) is 1. The summed E-state index contributed by atoms with van der Waals surface area (Å²) in [5.74, 6) is -0.154. The van der Waals surface area contributed by atoms with E-state index in [9.17, 15) is 9.59 Å². The van der Waals surface area contributed by atoms with Gasteiger partial charge in [0.25, 0.3) is 5.91 Å². The lowest BCUT2D eigenvalue weighted by Gasteiger charge is -2.32. The van der Waals surface area contributed by atoms with Crippen LogP contribution in [0.1, 0.15) is 18.1 Å². The lowest BCUT2D eigenvalue weighted by atomic mass is 10.0. The van der Waals surface area contributed by atoms with Gasteiger partial charge in [-0.1, -0.05) is 71.2 Å². The van der Waals surface area contributed by atoms with Gasteiger partial charge in [-0.15, -0.1) is 0 Å². The molecule has 0 saturated carbocycles. The molecular formula is C26H25Cl3N2O3. The summed E-state index contributed by atoms with van der Waals surface area (Å²) in [5.41, 5.74) is 1.48. The molecule has 178 valence electrons. The maximum absolute atomic E-state index is 13.5. The van der Waals surface area contributed by atoms with Crippen LogP contribution in [0, 0.1) is 0 Å². The molecule has 0 spiro atoms. The van der Waals surface area contributed by atoms with E-state index >= 15 is 0 Å². The van der Waals surface area contributed by atoms with Gasteiger partial charge in [-0.3, -0.25) is 9.59 Å². The lowest BCUT2D eigenvalue weighted by molar-refractivity contribution is -0.142. The fourth-order valence-electron chi connectivity index (χ4n) is 3.46. The summed E-state index contributed by atoms with van der Waals surface area (Å²) in [6.45, 7) is 2.04. The van der Waals surface area contributed by atoms with E-state index in [1.807, 2.05) is 37.3 Å². The van der Waals surface area contributed by atoms with Crippen LogP contribution in [0.15, 0.2) is 72.8 Å². The van der Waals surface area contributed by atoms with Gasteiger partial charge in [-0.2, -0.15) is 0 Å². The smallest absolute Gasteiger partial charge is 0.261 e. The molecule has 3 aromatic carbocycles.